The van der Waals surface area contributed by atoms with Crippen LogP contribution >= 0.6 is 39.1 Å². The van der Waals surface area contributed by atoms with Gasteiger partial charge in [-0.2, -0.15) is 0 Å². The number of rotatable bonds is 2. The van der Waals surface area contributed by atoms with Crippen LogP contribution in [0.4, 0.5) is 0 Å². The zero-order valence-corrected chi connectivity index (χ0v) is 9.87. The highest BCUT2D eigenvalue weighted by atomic mass is 79.9. The molecule has 0 radical (unpaired) electrons. The molecule has 0 bridgehead atoms. The molecule has 0 amide bonds. The second-order valence-electron chi connectivity index (χ2n) is 2.48. The highest BCUT2D eigenvalue weighted by molar-refractivity contribution is 9.09. The van der Waals surface area contributed by atoms with Gasteiger partial charge in [-0.05, 0) is 18.6 Å². The summed E-state index contributed by atoms with van der Waals surface area (Å²) in [4.78, 5) is 15.1. The van der Waals surface area contributed by atoms with Crippen LogP contribution in [0.15, 0.2) is 6.07 Å². The SMILES string of the molecule is Cc1cc(Cl)nc(Cl)c1C(=O)CBr. The Balaban J connectivity index is 3.28. The standard InChI is InChI=1S/C8H6BrCl2NO/c1-4-2-6(10)12-8(11)7(4)5(13)3-9/h2H,3H2,1H3. The molecule has 0 fully saturated rings. The first-order valence-electron chi connectivity index (χ1n) is 3.48. The predicted octanol–water partition coefficient (Wildman–Crippen LogP) is 3.27. The summed E-state index contributed by atoms with van der Waals surface area (Å²) in [6.45, 7) is 1.77. The molecule has 0 N–H and O–H groups in total. The zero-order valence-electron chi connectivity index (χ0n) is 6.77. The molecule has 5 heteroatoms. The van der Waals surface area contributed by atoms with Crippen LogP contribution in [0.3, 0.4) is 0 Å². The van der Waals surface area contributed by atoms with E-state index in [1.807, 2.05) is 0 Å². The third kappa shape index (κ3) is 2.42. The van der Waals surface area contributed by atoms with Crippen molar-refractivity contribution < 1.29 is 4.79 Å². The highest BCUT2D eigenvalue weighted by Crippen LogP contribution is 2.22. The maximum absolute atomic E-state index is 11.4. The van der Waals surface area contributed by atoms with Crippen molar-refractivity contribution in [3.8, 4) is 0 Å². The van der Waals surface area contributed by atoms with E-state index in [1.165, 1.54) is 0 Å². The van der Waals surface area contributed by atoms with Crippen LogP contribution in [0.2, 0.25) is 10.3 Å². The number of aryl methyl sites for hydroxylation is 1. The van der Waals surface area contributed by atoms with E-state index in [9.17, 15) is 4.79 Å². The van der Waals surface area contributed by atoms with E-state index >= 15 is 0 Å². The Kier molecular flexibility index (Phi) is 3.71. The molecule has 0 unspecified atom stereocenters. The van der Waals surface area contributed by atoms with Gasteiger partial charge in [0.25, 0.3) is 0 Å². The Hall–Kier alpha value is -0.120. The molecule has 1 aromatic heterocycles. The number of ketones is 1. The number of hydrogen-bond donors (Lipinski definition) is 0. The maximum Gasteiger partial charge on any atom is 0.176 e. The molecule has 0 aliphatic rings. The van der Waals surface area contributed by atoms with Crippen molar-refractivity contribution in [3.63, 3.8) is 0 Å². The minimum atomic E-state index is -0.0910. The van der Waals surface area contributed by atoms with Gasteiger partial charge in [0.1, 0.15) is 10.3 Å². The molecular formula is C8H6BrCl2NO. The van der Waals surface area contributed by atoms with Crippen LogP contribution in [0.25, 0.3) is 0 Å². The van der Waals surface area contributed by atoms with E-state index in [4.69, 9.17) is 23.2 Å². The van der Waals surface area contributed by atoms with E-state index in [1.54, 1.807) is 13.0 Å². The van der Waals surface area contributed by atoms with Gasteiger partial charge in [-0.1, -0.05) is 39.1 Å². The van der Waals surface area contributed by atoms with Crippen molar-refractivity contribution in [3.05, 3.63) is 27.5 Å². The summed E-state index contributed by atoms with van der Waals surface area (Å²) in [5, 5.41) is 0.694. The Bertz CT molecular complexity index is 331. The first kappa shape index (κ1) is 11.0. The summed E-state index contributed by atoms with van der Waals surface area (Å²) in [5.41, 5.74) is 1.18. The number of carbonyl (C=O) groups excluding carboxylic acids is 1. The van der Waals surface area contributed by atoms with E-state index in [0.717, 1.165) is 5.56 Å². The lowest BCUT2D eigenvalue weighted by Crippen LogP contribution is -2.05. The lowest BCUT2D eigenvalue weighted by molar-refractivity contribution is 0.102. The Morgan fingerprint density at radius 3 is 2.69 bits per heavy atom. The van der Waals surface area contributed by atoms with Crippen molar-refractivity contribution in [2.45, 2.75) is 6.92 Å². The molecule has 0 atom stereocenters. The van der Waals surface area contributed by atoms with E-state index in [-0.39, 0.29) is 16.3 Å². The third-order valence-electron chi connectivity index (χ3n) is 1.54. The van der Waals surface area contributed by atoms with Crippen LogP contribution in [-0.2, 0) is 0 Å². The summed E-state index contributed by atoms with van der Waals surface area (Å²) in [5.74, 6) is -0.0910. The highest BCUT2D eigenvalue weighted by Gasteiger charge is 2.14. The molecular weight excluding hydrogens is 277 g/mol. The molecule has 0 saturated heterocycles. The van der Waals surface area contributed by atoms with E-state index in [2.05, 4.69) is 20.9 Å². The van der Waals surface area contributed by atoms with E-state index in [0.29, 0.717) is 10.7 Å². The molecule has 0 spiro atoms. The summed E-state index contributed by atoms with van der Waals surface area (Å²) in [6.07, 6.45) is 0. The van der Waals surface area contributed by atoms with Gasteiger partial charge in [-0.25, -0.2) is 4.98 Å². The molecule has 1 heterocycles. The van der Waals surface area contributed by atoms with Crippen molar-refractivity contribution in [2.75, 3.05) is 5.33 Å². The van der Waals surface area contributed by atoms with Crippen LogP contribution in [0.5, 0.6) is 0 Å². The first-order valence-corrected chi connectivity index (χ1v) is 5.35. The minimum Gasteiger partial charge on any atom is -0.293 e. The van der Waals surface area contributed by atoms with Gasteiger partial charge in [0, 0.05) is 0 Å². The minimum absolute atomic E-state index is 0.0910. The number of pyridine rings is 1. The fourth-order valence-electron chi connectivity index (χ4n) is 0.997. The van der Waals surface area contributed by atoms with Gasteiger partial charge >= 0.3 is 0 Å². The first-order chi connectivity index (χ1) is 6.06. The average molecular weight is 283 g/mol. The van der Waals surface area contributed by atoms with Gasteiger partial charge < -0.3 is 0 Å². The summed E-state index contributed by atoms with van der Waals surface area (Å²) in [7, 11) is 0. The maximum atomic E-state index is 11.4. The van der Waals surface area contributed by atoms with Crippen LogP contribution < -0.4 is 0 Å². The Morgan fingerprint density at radius 1 is 1.62 bits per heavy atom. The van der Waals surface area contributed by atoms with Crippen molar-refractivity contribution in [2.24, 2.45) is 0 Å². The van der Waals surface area contributed by atoms with Crippen molar-refractivity contribution >= 4 is 44.9 Å². The Labute approximate surface area is 94.4 Å². The third-order valence-corrected chi connectivity index (χ3v) is 2.52. The fourth-order valence-corrected chi connectivity index (χ4v) is 1.91. The van der Waals surface area contributed by atoms with Crippen LogP contribution in [0, 0.1) is 6.92 Å². The number of hydrogen-bond acceptors (Lipinski definition) is 2. The molecule has 0 aliphatic heterocycles. The lowest BCUT2D eigenvalue weighted by atomic mass is 10.1. The van der Waals surface area contributed by atoms with Crippen molar-refractivity contribution in [1.82, 2.24) is 4.98 Å². The normalized spacial score (nSPS) is 10.2. The number of nitrogens with zero attached hydrogens (tertiary/aromatic N) is 1. The molecule has 0 aliphatic carbocycles. The van der Waals surface area contributed by atoms with Crippen molar-refractivity contribution in [1.29, 1.82) is 0 Å². The van der Waals surface area contributed by atoms with Gasteiger partial charge in [0.05, 0.1) is 10.9 Å². The topological polar surface area (TPSA) is 30.0 Å². The molecule has 0 saturated carbocycles. The molecule has 70 valence electrons. The van der Waals surface area contributed by atoms with Gasteiger partial charge in [0.2, 0.25) is 0 Å². The second-order valence-corrected chi connectivity index (χ2v) is 3.79. The number of Topliss-reactive ketones (excluding diaryl/α,β-unsaturated/α-hetero) is 1. The van der Waals surface area contributed by atoms with Gasteiger partial charge in [-0.15, -0.1) is 0 Å². The number of carbonyl (C=O) groups is 1. The molecule has 2 nitrogen and oxygen atoms in total. The monoisotopic (exact) mass is 281 g/mol. The molecule has 1 aromatic rings. The van der Waals surface area contributed by atoms with E-state index < -0.39 is 0 Å². The summed E-state index contributed by atoms with van der Waals surface area (Å²) < 4.78 is 0. The summed E-state index contributed by atoms with van der Waals surface area (Å²) >= 11 is 14.5. The van der Waals surface area contributed by atoms with Gasteiger partial charge in [0.15, 0.2) is 5.78 Å². The number of halogens is 3. The number of alkyl halides is 1. The average Bonchev–Trinajstić information content (AvgIpc) is 2.02. The molecule has 1 rings (SSSR count). The quantitative estimate of drug-likeness (QED) is 0.473. The summed E-state index contributed by atoms with van der Waals surface area (Å²) in [6, 6.07) is 1.61. The van der Waals surface area contributed by atoms with Crippen LogP contribution in [0.1, 0.15) is 15.9 Å². The van der Waals surface area contributed by atoms with Gasteiger partial charge in [-0.3, -0.25) is 4.79 Å². The molecule has 13 heavy (non-hydrogen) atoms. The predicted molar refractivity (Wildman–Crippen MR) is 57.1 cm³/mol. The Morgan fingerprint density at radius 2 is 2.23 bits per heavy atom. The fraction of sp³-hybridized carbons (Fsp3) is 0.250. The lowest BCUT2D eigenvalue weighted by Gasteiger charge is -2.04. The zero-order chi connectivity index (χ0) is 10.0. The number of aromatic nitrogens is 1. The van der Waals surface area contributed by atoms with Crippen LogP contribution in [-0.4, -0.2) is 16.1 Å². The smallest absolute Gasteiger partial charge is 0.176 e. The second kappa shape index (κ2) is 4.40. The molecule has 0 aromatic carbocycles. The largest absolute Gasteiger partial charge is 0.293 e.